The van der Waals surface area contributed by atoms with E-state index < -0.39 is 23.4 Å². The van der Waals surface area contributed by atoms with E-state index in [2.05, 4.69) is 10.1 Å². The highest BCUT2D eigenvalue weighted by Crippen LogP contribution is 2.27. The second-order valence-corrected chi connectivity index (χ2v) is 8.49. The molecule has 0 bridgehead atoms. The minimum absolute atomic E-state index is 0.0688. The first-order valence-corrected chi connectivity index (χ1v) is 11.3. The Morgan fingerprint density at radius 2 is 1.82 bits per heavy atom. The topological polar surface area (TPSA) is 115 Å². The normalized spacial score (nSPS) is 13.0. The number of ketones is 1. The number of alkyl carbamates (subject to hydrolysis) is 1. The van der Waals surface area contributed by atoms with Gasteiger partial charge in [0.2, 0.25) is 0 Å². The van der Waals surface area contributed by atoms with Gasteiger partial charge < -0.3 is 19.0 Å². The predicted molar refractivity (Wildman–Crippen MR) is 128 cm³/mol. The van der Waals surface area contributed by atoms with Crippen LogP contribution in [0.2, 0.25) is 0 Å². The van der Waals surface area contributed by atoms with Crippen LogP contribution in [0.15, 0.2) is 51.8 Å². The summed E-state index contributed by atoms with van der Waals surface area (Å²) in [6.07, 6.45) is 4.32. The minimum atomic E-state index is -0.845. The van der Waals surface area contributed by atoms with Gasteiger partial charge in [-0.25, -0.2) is 9.59 Å². The molecule has 184 valence electrons. The summed E-state index contributed by atoms with van der Waals surface area (Å²) >= 11 is 0. The van der Waals surface area contributed by atoms with Crippen LogP contribution in [0.25, 0.3) is 0 Å². The Morgan fingerprint density at radius 3 is 2.41 bits per heavy atom. The van der Waals surface area contributed by atoms with Crippen molar-refractivity contribution in [3.8, 4) is 11.5 Å². The maximum absolute atomic E-state index is 12.9. The molecule has 2 rings (SSSR count). The molecule has 8 nitrogen and oxygen atoms in total. The number of hydrogen-bond acceptors (Lipinski definition) is 7. The number of Topliss-reactive ketones (excluding diaryl/α,β-unsaturated/α-hetero) is 1. The van der Waals surface area contributed by atoms with Crippen LogP contribution >= 0.6 is 0 Å². The van der Waals surface area contributed by atoms with Gasteiger partial charge in [0.1, 0.15) is 22.8 Å². The Balaban J connectivity index is 2.03. The second kappa shape index (κ2) is 12.6. The van der Waals surface area contributed by atoms with Crippen LogP contribution in [0, 0.1) is 5.92 Å². The molecule has 1 heterocycles. The highest BCUT2D eigenvalue weighted by atomic mass is 16.5. The van der Waals surface area contributed by atoms with Crippen molar-refractivity contribution in [2.45, 2.75) is 59.0 Å². The summed E-state index contributed by atoms with van der Waals surface area (Å²) < 4.78 is 15.5. The van der Waals surface area contributed by atoms with E-state index in [-0.39, 0.29) is 23.3 Å². The van der Waals surface area contributed by atoms with E-state index in [9.17, 15) is 19.5 Å². The molecule has 0 aliphatic carbocycles. The van der Waals surface area contributed by atoms with Gasteiger partial charge in [-0.05, 0) is 50.8 Å². The molecule has 8 heteroatoms. The van der Waals surface area contributed by atoms with E-state index in [1.54, 1.807) is 13.0 Å². The van der Waals surface area contributed by atoms with Crippen LogP contribution < -0.4 is 15.7 Å². The fourth-order valence-corrected chi connectivity index (χ4v) is 3.40. The third-order valence-corrected chi connectivity index (χ3v) is 5.24. The molecule has 1 unspecified atom stereocenters. The lowest BCUT2D eigenvalue weighted by Crippen LogP contribution is -2.22. The number of ether oxygens (including phenoxy) is 2. The van der Waals surface area contributed by atoms with Crippen molar-refractivity contribution in [2.75, 3.05) is 7.11 Å². The molecule has 0 radical (unpaired) electrons. The van der Waals surface area contributed by atoms with Gasteiger partial charge in [-0.1, -0.05) is 32.1 Å². The van der Waals surface area contributed by atoms with E-state index in [4.69, 9.17) is 9.15 Å². The van der Waals surface area contributed by atoms with E-state index in [1.807, 2.05) is 45.0 Å². The number of benzene rings is 1. The molecular formula is C26H33NO7. The Kier molecular flexibility index (Phi) is 9.92. The van der Waals surface area contributed by atoms with Gasteiger partial charge in [0, 0.05) is 24.1 Å². The first kappa shape index (κ1) is 26.7. The van der Waals surface area contributed by atoms with Crippen LogP contribution in [0.3, 0.4) is 0 Å². The van der Waals surface area contributed by atoms with E-state index in [1.165, 1.54) is 19.4 Å². The zero-order chi connectivity index (χ0) is 25.3. The van der Waals surface area contributed by atoms with Gasteiger partial charge in [-0.2, -0.15) is 0 Å². The number of methoxy groups -OCH3 is 1. The third-order valence-electron chi connectivity index (χ3n) is 5.24. The number of carbonyl (C=O) groups excluding carboxylic acids is 2. The number of hydrogen-bond donors (Lipinski definition) is 2. The number of aromatic hydroxyl groups is 1. The summed E-state index contributed by atoms with van der Waals surface area (Å²) in [5, 5.41) is 12.9. The molecule has 0 fully saturated rings. The van der Waals surface area contributed by atoms with Crippen LogP contribution in [0.4, 0.5) is 4.79 Å². The molecule has 2 atom stereocenters. The van der Waals surface area contributed by atoms with Crippen LogP contribution in [-0.4, -0.2) is 30.2 Å². The largest absolute Gasteiger partial charge is 0.507 e. The van der Waals surface area contributed by atoms with Gasteiger partial charge in [0.25, 0.3) is 0 Å². The number of allylic oxidation sites excluding steroid dienone is 1. The number of nitrogens with one attached hydrogen (secondary N) is 1. The van der Waals surface area contributed by atoms with Crippen molar-refractivity contribution in [1.29, 1.82) is 0 Å². The van der Waals surface area contributed by atoms with E-state index in [0.29, 0.717) is 25.0 Å². The molecule has 1 amide bonds. The molecule has 34 heavy (non-hydrogen) atoms. The Hall–Kier alpha value is -3.55. The van der Waals surface area contributed by atoms with Gasteiger partial charge in [0.05, 0.1) is 13.2 Å². The van der Waals surface area contributed by atoms with Crippen molar-refractivity contribution >= 4 is 11.9 Å². The lowest BCUT2D eigenvalue weighted by molar-refractivity contribution is 0.0921. The quantitative estimate of drug-likeness (QED) is 0.446. The zero-order valence-corrected chi connectivity index (χ0v) is 20.3. The predicted octanol–water partition coefficient (Wildman–Crippen LogP) is 4.95. The third kappa shape index (κ3) is 7.79. The molecule has 0 spiro atoms. The maximum Gasteiger partial charge on any atom is 0.410 e. The zero-order valence-electron chi connectivity index (χ0n) is 20.3. The summed E-state index contributed by atoms with van der Waals surface area (Å²) in [5.74, 6) is -0.517. The standard InChI is InChI=1S/C26H33NO7/c1-16(2)33-20-11-9-19(10-12-20)14-18(4)24(29)23-21(28)15-22(34-25(23)30)17(3)8-6-7-13-27-26(31)32-5/h7,9-13,15-18,28H,6,8,14H2,1-5H3,(H,27,31)/b13-7+/t17?,18-/m0/s1. The Morgan fingerprint density at radius 1 is 1.15 bits per heavy atom. The summed E-state index contributed by atoms with van der Waals surface area (Å²) in [7, 11) is 1.27. The van der Waals surface area contributed by atoms with Gasteiger partial charge >= 0.3 is 11.7 Å². The van der Waals surface area contributed by atoms with E-state index in [0.717, 1.165) is 11.3 Å². The first-order valence-electron chi connectivity index (χ1n) is 11.3. The number of carbonyl (C=O) groups is 2. The molecule has 0 saturated heterocycles. The fourth-order valence-electron chi connectivity index (χ4n) is 3.40. The van der Waals surface area contributed by atoms with Crippen molar-refractivity contribution in [2.24, 2.45) is 5.92 Å². The Labute approximate surface area is 199 Å². The highest BCUT2D eigenvalue weighted by Gasteiger charge is 2.25. The molecular weight excluding hydrogens is 438 g/mol. The summed E-state index contributed by atoms with van der Waals surface area (Å²) in [6.45, 7) is 7.45. The molecule has 1 aromatic carbocycles. The maximum atomic E-state index is 12.9. The summed E-state index contributed by atoms with van der Waals surface area (Å²) in [6, 6.07) is 8.78. The van der Waals surface area contributed by atoms with Crippen molar-refractivity contribution in [1.82, 2.24) is 5.32 Å². The molecule has 2 aromatic rings. The molecule has 0 aliphatic rings. The molecule has 2 N–H and O–H groups in total. The monoisotopic (exact) mass is 471 g/mol. The SMILES string of the molecule is COC(=O)N/C=C/CCC(C)c1cc(O)c(C(=O)[C@@H](C)Cc2ccc(OC(C)C)cc2)c(=O)o1. The van der Waals surface area contributed by atoms with Crippen molar-refractivity contribution in [3.63, 3.8) is 0 Å². The van der Waals surface area contributed by atoms with Crippen LogP contribution in [0.5, 0.6) is 11.5 Å². The highest BCUT2D eigenvalue weighted by molar-refractivity contribution is 5.99. The first-order chi connectivity index (χ1) is 16.1. The van der Waals surface area contributed by atoms with Gasteiger partial charge in [-0.15, -0.1) is 0 Å². The summed E-state index contributed by atoms with van der Waals surface area (Å²) in [4.78, 5) is 36.5. The van der Waals surface area contributed by atoms with Crippen molar-refractivity contribution in [3.05, 3.63) is 69.9 Å². The lowest BCUT2D eigenvalue weighted by Gasteiger charge is -2.14. The smallest absolute Gasteiger partial charge is 0.410 e. The van der Waals surface area contributed by atoms with Gasteiger partial charge in [-0.3, -0.25) is 10.1 Å². The second-order valence-electron chi connectivity index (χ2n) is 8.49. The van der Waals surface area contributed by atoms with Gasteiger partial charge in [0.15, 0.2) is 5.78 Å². The van der Waals surface area contributed by atoms with Crippen molar-refractivity contribution < 1.29 is 28.6 Å². The molecule has 1 aromatic heterocycles. The average molecular weight is 472 g/mol. The molecule has 0 saturated carbocycles. The lowest BCUT2D eigenvalue weighted by atomic mass is 9.92. The summed E-state index contributed by atoms with van der Waals surface area (Å²) in [5.41, 5.74) is -0.256. The fraction of sp³-hybridized carbons (Fsp3) is 0.423. The van der Waals surface area contributed by atoms with E-state index >= 15 is 0 Å². The Bertz CT molecular complexity index is 1050. The van der Waals surface area contributed by atoms with Crippen LogP contribution in [-0.2, 0) is 11.2 Å². The average Bonchev–Trinajstić information content (AvgIpc) is 2.78. The number of amides is 1. The number of rotatable bonds is 11. The van der Waals surface area contributed by atoms with Crippen LogP contribution in [0.1, 0.15) is 68.1 Å². The minimum Gasteiger partial charge on any atom is -0.507 e. The molecule has 0 aliphatic heterocycles.